The Labute approximate surface area is 174 Å². The molecule has 0 N–H and O–H groups in total. The molecule has 29 heavy (non-hydrogen) atoms. The molecule has 3 aromatic rings. The van der Waals surface area contributed by atoms with Gasteiger partial charge >= 0.3 is 0 Å². The molecular formula is C23H24ClNO4. The zero-order valence-electron chi connectivity index (χ0n) is 16.2. The van der Waals surface area contributed by atoms with Crippen molar-refractivity contribution >= 4 is 22.6 Å². The van der Waals surface area contributed by atoms with Crippen molar-refractivity contribution in [1.82, 2.24) is 4.90 Å². The zero-order valence-corrected chi connectivity index (χ0v) is 17.0. The van der Waals surface area contributed by atoms with E-state index in [0.29, 0.717) is 33.9 Å². The summed E-state index contributed by atoms with van der Waals surface area (Å²) in [6.45, 7) is 5.41. The average Bonchev–Trinajstić information content (AvgIpc) is 2.75. The van der Waals surface area contributed by atoms with Gasteiger partial charge < -0.3 is 13.9 Å². The summed E-state index contributed by atoms with van der Waals surface area (Å²) in [5.74, 6) is 0.714. The lowest BCUT2D eigenvalue weighted by Gasteiger charge is -2.26. The summed E-state index contributed by atoms with van der Waals surface area (Å²) >= 11 is 5.93. The number of benzene rings is 2. The second kappa shape index (κ2) is 9.44. The maximum atomic E-state index is 12.8. The van der Waals surface area contributed by atoms with Crippen molar-refractivity contribution in [1.29, 1.82) is 0 Å². The van der Waals surface area contributed by atoms with Gasteiger partial charge in [-0.2, -0.15) is 0 Å². The lowest BCUT2D eigenvalue weighted by molar-refractivity contribution is 0.0368. The third-order valence-electron chi connectivity index (χ3n) is 5.14. The molecule has 0 unspecified atom stereocenters. The summed E-state index contributed by atoms with van der Waals surface area (Å²) in [6, 6.07) is 12.5. The Morgan fingerprint density at radius 1 is 1.03 bits per heavy atom. The van der Waals surface area contributed by atoms with E-state index in [4.69, 9.17) is 25.5 Å². The molecule has 0 amide bonds. The molecule has 2 heterocycles. The fourth-order valence-corrected chi connectivity index (χ4v) is 3.61. The Bertz CT molecular complexity index is 1010. The summed E-state index contributed by atoms with van der Waals surface area (Å²) in [5, 5.41) is 1.17. The molecule has 152 valence electrons. The molecule has 0 atom stereocenters. The second-order valence-corrected chi connectivity index (χ2v) is 7.59. The summed E-state index contributed by atoms with van der Waals surface area (Å²) in [4.78, 5) is 15.3. The molecule has 1 aliphatic rings. The molecule has 4 rings (SSSR count). The van der Waals surface area contributed by atoms with Crippen LogP contribution in [0.1, 0.15) is 12.8 Å². The van der Waals surface area contributed by atoms with E-state index in [0.717, 1.165) is 51.3 Å². The van der Waals surface area contributed by atoms with Crippen LogP contribution in [0.15, 0.2) is 57.9 Å². The van der Waals surface area contributed by atoms with Crippen LogP contribution < -0.4 is 10.2 Å². The zero-order chi connectivity index (χ0) is 20.1. The number of nitrogens with zero attached hydrogens (tertiary/aromatic N) is 1. The fourth-order valence-electron chi connectivity index (χ4n) is 3.48. The fraction of sp³-hybridized carbons (Fsp3) is 0.348. The highest BCUT2D eigenvalue weighted by Gasteiger charge is 2.11. The highest BCUT2D eigenvalue weighted by atomic mass is 35.5. The molecule has 1 aromatic heterocycles. The van der Waals surface area contributed by atoms with Gasteiger partial charge in [0, 0.05) is 24.2 Å². The van der Waals surface area contributed by atoms with Crippen LogP contribution in [-0.4, -0.2) is 44.4 Å². The van der Waals surface area contributed by atoms with Gasteiger partial charge in [0.1, 0.15) is 17.6 Å². The first-order valence-electron chi connectivity index (χ1n) is 9.95. The lowest BCUT2D eigenvalue weighted by Crippen LogP contribution is -2.36. The highest BCUT2D eigenvalue weighted by molar-refractivity contribution is 6.30. The minimum atomic E-state index is -0.0642. The van der Waals surface area contributed by atoms with Crippen molar-refractivity contribution in [2.45, 2.75) is 12.8 Å². The van der Waals surface area contributed by atoms with Gasteiger partial charge in [0.15, 0.2) is 5.43 Å². The molecule has 2 aromatic carbocycles. The average molecular weight is 414 g/mol. The summed E-state index contributed by atoms with van der Waals surface area (Å²) in [5.41, 5.74) is 1.76. The molecule has 0 bridgehead atoms. The molecule has 0 radical (unpaired) electrons. The number of rotatable bonds is 7. The van der Waals surface area contributed by atoms with Gasteiger partial charge in [-0.25, -0.2) is 0 Å². The number of hydrogen-bond donors (Lipinski definition) is 0. The van der Waals surface area contributed by atoms with Gasteiger partial charge in [-0.3, -0.25) is 9.69 Å². The molecule has 1 aliphatic heterocycles. The third kappa shape index (κ3) is 4.99. The predicted molar refractivity (Wildman–Crippen MR) is 115 cm³/mol. The standard InChI is InChI=1S/C23H24ClNO4/c24-18-5-3-17(4-6-18)21-16-29-22-15-19(7-8-20(22)23(21)26)28-12-2-1-9-25-10-13-27-14-11-25/h3-8,15-16H,1-2,9-14H2. The maximum Gasteiger partial charge on any atom is 0.200 e. The van der Waals surface area contributed by atoms with Crippen molar-refractivity contribution in [2.75, 3.05) is 39.5 Å². The quantitative estimate of drug-likeness (QED) is 0.529. The Hall–Kier alpha value is -2.34. The van der Waals surface area contributed by atoms with Crippen molar-refractivity contribution in [3.63, 3.8) is 0 Å². The molecule has 0 spiro atoms. The minimum Gasteiger partial charge on any atom is -0.493 e. The number of unbranched alkanes of at least 4 members (excludes halogenated alkanes) is 1. The van der Waals surface area contributed by atoms with Crippen LogP contribution in [0.25, 0.3) is 22.1 Å². The van der Waals surface area contributed by atoms with Crippen LogP contribution in [0.2, 0.25) is 5.02 Å². The van der Waals surface area contributed by atoms with Gasteiger partial charge in [0.25, 0.3) is 0 Å². The third-order valence-corrected chi connectivity index (χ3v) is 5.39. The largest absolute Gasteiger partial charge is 0.493 e. The Morgan fingerprint density at radius 2 is 1.83 bits per heavy atom. The molecule has 5 nitrogen and oxygen atoms in total. The van der Waals surface area contributed by atoms with E-state index in [1.54, 1.807) is 24.3 Å². The topological polar surface area (TPSA) is 51.9 Å². The van der Waals surface area contributed by atoms with Crippen molar-refractivity contribution in [3.8, 4) is 16.9 Å². The van der Waals surface area contributed by atoms with E-state index < -0.39 is 0 Å². The van der Waals surface area contributed by atoms with Crippen LogP contribution in [-0.2, 0) is 4.74 Å². The SMILES string of the molecule is O=c1c(-c2ccc(Cl)cc2)coc2cc(OCCCCN3CCOCC3)ccc12. The van der Waals surface area contributed by atoms with Crippen LogP contribution >= 0.6 is 11.6 Å². The number of fused-ring (bicyclic) bond motifs is 1. The smallest absolute Gasteiger partial charge is 0.200 e. The number of morpholine rings is 1. The van der Waals surface area contributed by atoms with Gasteiger partial charge in [-0.1, -0.05) is 23.7 Å². The molecule has 6 heteroatoms. The molecule has 1 fully saturated rings. The summed E-state index contributed by atoms with van der Waals surface area (Å²) in [6.07, 6.45) is 3.57. The molecule has 0 saturated carbocycles. The van der Waals surface area contributed by atoms with E-state index in [-0.39, 0.29) is 5.43 Å². The molecular weight excluding hydrogens is 390 g/mol. The first-order valence-corrected chi connectivity index (χ1v) is 10.3. The van der Waals surface area contributed by atoms with E-state index in [2.05, 4.69) is 4.90 Å². The monoisotopic (exact) mass is 413 g/mol. The van der Waals surface area contributed by atoms with Gasteiger partial charge in [0.2, 0.25) is 0 Å². The molecule has 1 saturated heterocycles. The van der Waals surface area contributed by atoms with Crippen LogP contribution in [0, 0.1) is 0 Å². The van der Waals surface area contributed by atoms with Crippen LogP contribution in [0.5, 0.6) is 5.75 Å². The van der Waals surface area contributed by atoms with E-state index in [1.165, 1.54) is 6.26 Å². The van der Waals surface area contributed by atoms with Crippen LogP contribution in [0.3, 0.4) is 0 Å². The normalized spacial score (nSPS) is 14.9. The highest BCUT2D eigenvalue weighted by Crippen LogP contribution is 2.24. The van der Waals surface area contributed by atoms with E-state index in [1.807, 2.05) is 18.2 Å². The maximum absolute atomic E-state index is 12.8. The van der Waals surface area contributed by atoms with Crippen LogP contribution in [0.4, 0.5) is 0 Å². The van der Waals surface area contributed by atoms with Crippen molar-refractivity contribution in [2.24, 2.45) is 0 Å². The summed E-state index contributed by atoms with van der Waals surface area (Å²) in [7, 11) is 0. The first kappa shape index (κ1) is 20.0. The lowest BCUT2D eigenvalue weighted by atomic mass is 10.1. The number of hydrogen-bond acceptors (Lipinski definition) is 5. The van der Waals surface area contributed by atoms with Crippen molar-refractivity contribution in [3.05, 3.63) is 64.0 Å². The summed E-state index contributed by atoms with van der Waals surface area (Å²) < 4.78 is 16.9. The van der Waals surface area contributed by atoms with Crippen molar-refractivity contribution < 1.29 is 13.9 Å². The second-order valence-electron chi connectivity index (χ2n) is 7.15. The van der Waals surface area contributed by atoms with Gasteiger partial charge in [-0.05, 0) is 49.2 Å². The van der Waals surface area contributed by atoms with Gasteiger partial charge in [0.05, 0.1) is 30.8 Å². The Kier molecular flexibility index (Phi) is 6.49. The van der Waals surface area contributed by atoms with Gasteiger partial charge in [-0.15, -0.1) is 0 Å². The Balaban J connectivity index is 1.37. The Morgan fingerprint density at radius 3 is 2.62 bits per heavy atom. The number of halogens is 1. The minimum absolute atomic E-state index is 0.0642. The predicted octanol–water partition coefficient (Wildman–Crippen LogP) is 4.60. The van der Waals surface area contributed by atoms with E-state index >= 15 is 0 Å². The first-order chi connectivity index (χ1) is 14.2. The molecule has 0 aliphatic carbocycles. The van der Waals surface area contributed by atoms with E-state index in [9.17, 15) is 4.79 Å². The number of ether oxygens (including phenoxy) is 2.